The lowest BCUT2D eigenvalue weighted by atomic mass is 10.1. The second kappa shape index (κ2) is 10.5. The lowest BCUT2D eigenvalue weighted by Crippen LogP contribution is -2.36. The first-order chi connectivity index (χ1) is 16.0. The molecule has 1 heterocycles. The third kappa shape index (κ3) is 5.92. The van der Waals surface area contributed by atoms with Crippen LogP contribution in [0.4, 0.5) is 23.7 Å². The van der Waals surface area contributed by atoms with Crippen LogP contribution in [0.25, 0.3) is 6.08 Å². The second-order valence-electron chi connectivity index (χ2n) is 6.85. The first-order valence-corrected chi connectivity index (χ1v) is 11.4. The monoisotopic (exact) mass is 558 g/mol. The molecule has 12 heteroatoms. The van der Waals surface area contributed by atoms with Gasteiger partial charge in [-0.2, -0.15) is 13.2 Å². The van der Waals surface area contributed by atoms with Crippen molar-refractivity contribution >= 4 is 56.5 Å². The zero-order valence-corrected chi connectivity index (χ0v) is 20.3. The van der Waals surface area contributed by atoms with Gasteiger partial charge in [-0.15, -0.1) is 0 Å². The molecule has 1 aliphatic heterocycles. The number of nitrogens with one attached hydrogen (secondary N) is 1. The van der Waals surface area contributed by atoms with Crippen molar-refractivity contribution in [2.45, 2.75) is 13.1 Å². The highest BCUT2D eigenvalue weighted by Crippen LogP contribution is 2.36. The van der Waals surface area contributed by atoms with Crippen LogP contribution >= 0.6 is 27.7 Å². The van der Waals surface area contributed by atoms with Gasteiger partial charge in [-0.3, -0.25) is 19.3 Å². The van der Waals surface area contributed by atoms with Gasteiger partial charge in [-0.05, 0) is 76.6 Å². The first-order valence-electron chi connectivity index (χ1n) is 9.76. The van der Waals surface area contributed by atoms with E-state index < -0.39 is 35.3 Å². The van der Waals surface area contributed by atoms with Gasteiger partial charge >= 0.3 is 6.18 Å². The molecule has 7 nitrogen and oxygen atoms in total. The molecule has 1 fully saturated rings. The number of hydrogen-bond acceptors (Lipinski definition) is 6. The Hall–Kier alpha value is -2.99. The second-order valence-corrected chi connectivity index (χ2v) is 8.70. The fourth-order valence-electron chi connectivity index (χ4n) is 2.98. The van der Waals surface area contributed by atoms with E-state index in [2.05, 4.69) is 21.2 Å². The Morgan fingerprint density at radius 2 is 1.88 bits per heavy atom. The molecular weight excluding hydrogens is 541 g/mol. The number of anilines is 1. The van der Waals surface area contributed by atoms with Gasteiger partial charge in [0.1, 0.15) is 18.0 Å². The van der Waals surface area contributed by atoms with E-state index in [1.54, 1.807) is 18.2 Å². The zero-order chi connectivity index (χ0) is 25.0. The summed E-state index contributed by atoms with van der Waals surface area (Å²) >= 11 is 4.03. The highest BCUT2D eigenvalue weighted by atomic mass is 79.9. The fraction of sp³-hybridized carbons (Fsp3) is 0.227. The molecule has 0 aliphatic carbocycles. The van der Waals surface area contributed by atoms with Gasteiger partial charge in [0.25, 0.3) is 11.1 Å². The van der Waals surface area contributed by atoms with Gasteiger partial charge < -0.3 is 14.8 Å². The van der Waals surface area contributed by atoms with Crippen molar-refractivity contribution in [2.24, 2.45) is 0 Å². The van der Waals surface area contributed by atoms with Gasteiger partial charge in [0.05, 0.1) is 34.3 Å². The molecule has 0 radical (unpaired) electrons. The number of amides is 3. The molecule has 0 saturated carbocycles. The molecular formula is C22H18BrF3N2O5S. The number of methoxy groups -OCH3 is 1. The number of nitrogens with zero attached hydrogens (tertiary/aromatic N) is 1. The zero-order valence-electron chi connectivity index (χ0n) is 17.9. The van der Waals surface area contributed by atoms with E-state index in [-0.39, 0.29) is 16.3 Å². The summed E-state index contributed by atoms with van der Waals surface area (Å²) in [6.07, 6.45) is -3.13. The number of carbonyl (C=O) groups excluding carboxylic acids is 3. The van der Waals surface area contributed by atoms with E-state index in [1.807, 2.05) is 6.92 Å². The molecule has 0 atom stereocenters. The molecule has 34 heavy (non-hydrogen) atoms. The van der Waals surface area contributed by atoms with Crippen molar-refractivity contribution < 1.29 is 37.0 Å². The standard InChI is InChI=1S/C22H18BrF3N2O5S/c1-3-33-16-6-4-12(8-14(16)23)9-18-20(30)28(21(31)34-18)11-19(29)27-15-10-13(22(24,25)26)5-7-17(15)32-2/h4-10H,3,11H2,1-2H3,(H,27,29)/b18-9-. The van der Waals surface area contributed by atoms with E-state index in [1.165, 1.54) is 13.2 Å². The molecule has 0 unspecified atom stereocenters. The molecule has 1 N–H and O–H groups in total. The Morgan fingerprint density at radius 3 is 2.50 bits per heavy atom. The summed E-state index contributed by atoms with van der Waals surface area (Å²) in [5.74, 6) is -0.929. The molecule has 2 aromatic rings. The maximum Gasteiger partial charge on any atom is 0.416 e. The lowest BCUT2D eigenvalue weighted by molar-refractivity contribution is -0.137. The smallest absolute Gasteiger partial charge is 0.416 e. The number of thioether (sulfide) groups is 1. The molecule has 0 bridgehead atoms. The summed E-state index contributed by atoms with van der Waals surface area (Å²) in [7, 11) is 1.23. The normalized spacial score (nSPS) is 15.1. The number of benzene rings is 2. The van der Waals surface area contributed by atoms with E-state index in [0.29, 0.717) is 40.2 Å². The van der Waals surface area contributed by atoms with Crippen molar-refractivity contribution in [1.82, 2.24) is 4.90 Å². The van der Waals surface area contributed by atoms with Gasteiger partial charge in [-0.25, -0.2) is 0 Å². The fourth-order valence-corrected chi connectivity index (χ4v) is 4.33. The number of halogens is 4. The summed E-state index contributed by atoms with van der Waals surface area (Å²) in [5, 5.41) is 1.60. The summed E-state index contributed by atoms with van der Waals surface area (Å²) < 4.78 is 50.1. The number of carbonyl (C=O) groups is 3. The van der Waals surface area contributed by atoms with E-state index >= 15 is 0 Å². The summed E-state index contributed by atoms with van der Waals surface area (Å²) in [5.41, 5.74) is -0.595. The molecule has 2 aromatic carbocycles. The number of rotatable bonds is 7. The third-order valence-corrected chi connectivity index (χ3v) is 6.06. The SMILES string of the molecule is CCOc1ccc(/C=C2\SC(=O)N(CC(=O)Nc3cc(C(F)(F)F)ccc3OC)C2=O)cc1Br. The average Bonchev–Trinajstić information content (AvgIpc) is 3.02. The van der Waals surface area contributed by atoms with Crippen molar-refractivity contribution in [1.29, 1.82) is 0 Å². The maximum absolute atomic E-state index is 13.0. The van der Waals surface area contributed by atoms with Crippen LogP contribution < -0.4 is 14.8 Å². The maximum atomic E-state index is 13.0. The van der Waals surface area contributed by atoms with Crippen LogP contribution in [-0.4, -0.2) is 42.2 Å². The minimum Gasteiger partial charge on any atom is -0.495 e. The summed E-state index contributed by atoms with van der Waals surface area (Å²) in [6, 6.07) is 7.72. The van der Waals surface area contributed by atoms with Crippen LogP contribution in [0, 0.1) is 0 Å². The molecule has 3 amide bonds. The van der Waals surface area contributed by atoms with Crippen LogP contribution in [0.3, 0.4) is 0 Å². The quantitative estimate of drug-likeness (QED) is 0.448. The van der Waals surface area contributed by atoms with Crippen LogP contribution in [0.1, 0.15) is 18.1 Å². The Morgan fingerprint density at radius 1 is 1.18 bits per heavy atom. The van der Waals surface area contributed by atoms with Crippen LogP contribution in [0.2, 0.25) is 0 Å². The number of imide groups is 1. The molecule has 3 rings (SSSR count). The minimum atomic E-state index is -4.63. The van der Waals surface area contributed by atoms with Crippen molar-refractivity contribution in [3.8, 4) is 11.5 Å². The van der Waals surface area contributed by atoms with Gasteiger partial charge in [-0.1, -0.05) is 6.07 Å². The highest BCUT2D eigenvalue weighted by molar-refractivity contribution is 9.10. The van der Waals surface area contributed by atoms with Crippen molar-refractivity contribution in [2.75, 3.05) is 25.6 Å². The predicted octanol–water partition coefficient (Wildman–Crippen LogP) is 5.55. The lowest BCUT2D eigenvalue weighted by Gasteiger charge is -2.16. The molecule has 1 aliphatic rings. The van der Waals surface area contributed by atoms with Crippen molar-refractivity contribution in [3.63, 3.8) is 0 Å². The summed E-state index contributed by atoms with van der Waals surface area (Å²) in [4.78, 5) is 38.3. The van der Waals surface area contributed by atoms with Crippen LogP contribution in [0.5, 0.6) is 11.5 Å². The third-order valence-electron chi connectivity index (χ3n) is 4.53. The Labute approximate surface area is 205 Å². The predicted molar refractivity (Wildman–Crippen MR) is 125 cm³/mol. The number of hydrogen-bond donors (Lipinski definition) is 1. The largest absolute Gasteiger partial charge is 0.495 e. The molecule has 0 spiro atoms. The average molecular weight is 559 g/mol. The van der Waals surface area contributed by atoms with Gasteiger partial charge in [0.15, 0.2) is 0 Å². The van der Waals surface area contributed by atoms with Gasteiger partial charge in [0, 0.05) is 0 Å². The summed E-state index contributed by atoms with van der Waals surface area (Å²) in [6.45, 7) is 1.65. The van der Waals surface area contributed by atoms with Gasteiger partial charge in [0.2, 0.25) is 5.91 Å². The molecule has 1 saturated heterocycles. The minimum absolute atomic E-state index is 0.00328. The topological polar surface area (TPSA) is 84.9 Å². The Kier molecular flexibility index (Phi) is 7.93. The molecule has 180 valence electrons. The molecule has 0 aromatic heterocycles. The number of ether oxygens (including phenoxy) is 2. The van der Waals surface area contributed by atoms with Crippen LogP contribution in [-0.2, 0) is 15.8 Å². The highest BCUT2D eigenvalue weighted by Gasteiger charge is 2.37. The van der Waals surface area contributed by atoms with Crippen molar-refractivity contribution in [3.05, 3.63) is 56.9 Å². The van der Waals surface area contributed by atoms with E-state index in [0.717, 1.165) is 17.0 Å². The van der Waals surface area contributed by atoms with E-state index in [9.17, 15) is 27.6 Å². The van der Waals surface area contributed by atoms with Crippen LogP contribution in [0.15, 0.2) is 45.8 Å². The first kappa shape index (κ1) is 25.6. The van der Waals surface area contributed by atoms with E-state index in [4.69, 9.17) is 9.47 Å². The Bertz CT molecular complexity index is 1170. The number of alkyl halides is 3. The Balaban J connectivity index is 1.74.